The predicted octanol–water partition coefficient (Wildman–Crippen LogP) is 0.300. The van der Waals surface area contributed by atoms with Crippen molar-refractivity contribution in [1.82, 2.24) is 35.2 Å². The fourth-order valence-corrected chi connectivity index (χ4v) is 5.55. The first kappa shape index (κ1) is 23.0. The zero-order chi connectivity index (χ0) is 24.0. The van der Waals surface area contributed by atoms with Crippen molar-refractivity contribution < 1.29 is 9.59 Å². The van der Waals surface area contributed by atoms with Crippen molar-refractivity contribution in [2.75, 3.05) is 31.6 Å². The number of hydrazine groups is 1. The smallest absolute Gasteiger partial charge is 0.242 e. The summed E-state index contributed by atoms with van der Waals surface area (Å²) in [5.41, 5.74) is 12.0. The summed E-state index contributed by atoms with van der Waals surface area (Å²) in [4.78, 5) is 34.2. The van der Waals surface area contributed by atoms with Crippen molar-refractivity contribution in [2.45, 2.75) is 70.2 Å². The minimum absolute atomic E-state index is 0.0699. The van der Waals surface area contributed by atoms with Crippen LogP contribution in [0.4, 0.5) is 5.82 Å². The van der Waals surface area contributed by atoms with Crippen LogP contribution in [0.25, 0.3) is 5.65 Å². The Hall–Kier alpha value is -2.76. The molecule has 0 radical (unpaired) electrons. The zero-order valence-corrected chi connectivity index (χ0v) is 20.2. The normalized spacial score (nSPS) is 28.1. The van der Waals surface area contributed by atoms with Crippen LogP contribution in [-0.4, -0.2) is 81.3 Å². The van der Waals surface area contributed by atoms with E-state index in [4.69, 9.17) is 15.8 Å². The monoisotopic (exact) mass is 469 g/mol. The van der Waals surface area contributed by atoms with Crippen LogP contribution in [0.1, 0.15) is 56.3 Å². The summed E-state index contributed by atoms with van der Waals surface area (Å²) in [7, 11) is 1.85. The maximum atomic E-state index is 13.6. The van der Waals surface area contributed by atoms with Crippen molar-refractivity contribution in [3.05, 3.63) is 23.5 Å². The summed E-state index contributed by atoms with van der Waals surface area (Å²) in [6, 6.07) is 1.79. The van der Waals surface area contributed by atoms with Crippen LogP contribution in [-0.2, 0) is 9.59 Å². The lowest BCUT2D eigenvalue weighted by molar-refractivity contribution is -0.140. The van der Waals surface area contributed by atoms with Gasteiger partial charge in [0.1, 0.15) is 11.9 Å². The van der Waals surface area contributed by atoms with Gasteiger partial charge in [0.05, 0.1) is 17.9 Å². The molecule has 2 aromatic heterocycles. The number of nitrogens with two attached hydrogens (primary N) is 1. The maximum absolute atomic E-state index is 13.6. The highest BCUT2D eigenvalue weighted by atomic mass is 16.2. The number of anilines is 1. The number of likely N-dealkylation sites (N-methyl/N-ethyl adjacent to an activating group) is 1. The highest BCUT2D eigenvalue weighted by Crippen LogP contribution is 2.33. The molecule has 11 nitrogen and oxygen atoms in total. The molecule has 11 heteroatoms. The first-order chi connectivity index (χ1) is 16.3. The van der Waals surface area contributed by atoms with Crippen LogP contribution in [0.2, 0.25) is 0 Å². The van der Waals surface area contributed by atoms with Gasteiger partial charge in [-0.3, -0.25) is 9.59 Å². The fourth-order valence-electron chi connectivity index (χ4n) is 5.55. The van der Waals surface area contributed by atoms with Gasteiger partial charge in [-0.1, -0.05) is 0 Å². The van der Waals surface area contributed by atoms with E-state index in [1.165, 1.54) is 6.92 Å². The van der Waals surface area contributed by atoms with Gasteiger partial charge in [0.15, 0.2) is 5.65 Å². The first-order valence-corrected chi connectivity index (χ1v) is 12.2. The van der Waals surface area contributed by atoms with Crippen LogP contribution < -0.4 is 21.4 Å². The average molecular weight is 470 g/mol. The second-order valence-corrected chi connectivity index (χ2v) is 9.90. The number of piperidine rings is 1. The molecule has 3 aliphatic heterocycles. The van der Waals surface area contributed by atoms with Gasteiger partial charge in [0.2, 0.25) is 11.8 Å². The Bertz CT molecular complexity index is 1090. The molecular formula is C23H35N9O2. The molecule has 4 atom stereocenters. The molecule has 3 aliphatic rings. The molecule has 34 heavy (non-hydrogen) atoms. The van der Waals surface area contributed by atoms with E-state index >= 15 is 0 Å². The van der Waals surface area contributed by atoms with Crippen LogP contribution in [0.3, 0.4) is 0 Å². The molecule has 0 aliphatic carbocycles. The summed E-state index contributed by atoms with van der Waals surface area (Å²) < 4.78 is 1.83. The van der Waals surface area contributed by atoms with Crippen LogP contribution in [0.5, 0.6) is 0 Å². The van der Waals surface area contributed by atoms with Crippen LogP contribution in [0, 0.1) is 6.92 Å². The number of fused-ring (bicyclic) bond motifs is 1. The fraction of sp³-hybridized carbons (Fsp3) is 0.652. The number of aryl methyl sites for hydroxylation is 1. The number of nitrogens with zero attached hydrogens (tertiary/aromatic N) is 6. The van der Waals surface area contributed by atoms with Crippen LogP contribution >= 0.6 is 0 Å². The molecule has 0 aromatic carbocycles. The van der Waals surface area contributed by atoms with Crippen molar-refractivity contribution in [3.8, 4) is 0 Å². The molecule has 0 spiro atoms. The Kier molecular flexibility index (Phi) is 6.17. The molecule has 3 saturated heterocycles. The molecule has 3 fully saturated rings. The number of hydrogen-bond donors (Lipinski definition) is 3. The summed E-state index contributed by atoms with van der Waals surface area (Å²) in [6.07, 6.45) is 6.20. The molecule has 0 bridgehead atoms. The van der Waals surface area contributed by atoms with Gasteiger partial charge in [0, 0.05) is 63.9 Å². The minimum atomic E-state index is -0.333. The molecule has 5 rings (SSSR count). The second-order valence-electron chi connectivity index (χ2n) is 9.90. The number of hydrogen-bond acceptors (Lipinski definition) is 8. The number of aromatic nitrogens is 3. The van der Waals surface area contributed by atoms with Gasteiger partial charge in [-0.05, 0) is 32.6 Å². The van der Waals surface area contributed by atoms with Gasteiger partial charge in [0.25, 0.3) is 0 Å². The minimum Gasteiger partial charge on any atom is -0.355 e. The Morgan fingerprint density at radius 2 is 2.06 bits per heavy atom. The number of carbonyl (C=O) groups excluding carboxylic acids is 2. The lowest BCUT2D eigenvalue weighted by atomic mass is 9.97. The Balaban J connectivity index is 1.39. The van der Waals surface area contributed by atoms with E-state index < -0.39 is 0 Å². The van der Waals surface area contributed by atoms with E-state index in [2.05, 4.69) is 22.6 Å². The lowest BCUT2D eigenvalue weighted by Gasteiger charge is -2.37. The summed E-state index contributed by atoms with van der Waals surface area (Å²) in [6.45, 7) is 5.98. The SMILES string of the molecule is CC(=O)NC1CC(C(=O)N2CCCC[C@H]2c2cc3nc(N4CC[C@H](N)C4)c(C)cn3n2)N(C)N1. The molecule has 5 heterocycles. The Morgan fingerprint density at radius 3 is 2.79 bits per heavy atom. The third-order valence-corrected chi connectivity index (χ3v) is 7.22. The molecule has 2 unspecified atom stereocenters. The predicted molar refractivity (Wildman–Crippen MR) is 128 cm³/mol. The zero-order valence-electron chi connectivity index (χ0n) is 20.2. The standard InChI is InChI=1S/C23H35N9O2/c1-14-12-32-21(26-22(14)30-9-7-16(24)13-30)10-17(27-32)18-6-4-5-8-31(18)23(34)19-11-20(25-15(2)33)28-29(19)3/h10,12,16,18-20,28H,4-9,11,13,24H2,1-3H3,(H,25,33)/t16-,18-,19?,20?/m0/s1. The molecule has 2 amide bonds. The van der Waals surface area contributed by atoms with Crippen molar-refractivity contribution in [2.24, 2.45) is 5.73 Å². The van der Waals surface area contributed by atoms with Crippen molar-refractivity contribution in [3.63, 3.8) is 0 Å². The van der Waals surface area contributed by atoms with E-state index in [9.17, 15) is 9.59 Å². The lowest BCUT2D eigenvalue weighted by Crippen LogP contribution is -2.49. The van der Waals surface area contributed by atoms with E-state index in [1.54, 1.807) is 0 Å². The maximum Gasteiger partial charge on any atom is 0.242 e. The molecule has 184 valence electrons. The van der Waals surface area contributed by atoms with E-state index in [1.807, 2.05) is 33.7 Å². The first-order valence-electron chi connectivity index (χ1n) is 12.2. The number of carbonyl (C=O) groups is 2. The second kappa shape index (κ2) is 9.12. The van der Waals surface area contributed by atoms with Gasteiger partial charge in [-0.2, -0.15) is 5.10 Å². The topological polar surface area (TPSA) is 124 Å². The molecule has 2 aromatic rings. The van der Waals surface area contributed by atoms with E-state index in [0.29, 0.717) is 13.0 Å². The van der Waals surface area contributed by atoms with Crippen molar-refractivity contribution >= 4 is 23.3 Å². The highest BCUT2D eigenvalue weighted by molar-refractivity contribution is 5.83. The molecule has 4 N–H and O–H groups in total. The Morgan fingerprint density at radius 1 is 1.24 bits per heavy atom. The largest absolute Gasteiger partial charge is 0.355 e. The van der Waals surface area contributed by atoms with Gasteiger partial charge in [-0.25, -0.2) is 19.9 Å². The number of rotatable bonds is 4. The average Bonchev–Trinajstić information content (AvgIpc) is 3.50. The van der Waals surface area contributed by atoms with Crippen LogP contribution in [0.15, 0.2) is 12.3 Å². The highest BCUT2D eigenvalue weighted by Gasteiger charge is 2.40. The van der Waals surface area contributed by atoms with E-state index in [-0.39, 0.29) is 36.1 Å². The molecule has 0 saturated carbocycles. The summed E-state index contributed by atoms with van der Waals surface area (Å²) >= 11 is 0. The summed E-state index contributed by atoms with van der Waals surface area (Å²) in [5.74, 6) is 0.921. The Labute approximate surface area is 199 Å². The number of amides is 2. The van der Waals surface area contributed by atoms with Gasteiger partial charge < -0.3 is 20.9 Å². The number of likely N-dealkylation sites (tertiary alicyclic amines) is 1. The summed E-state index contributed by atoms with van der Waals surface area (Å²) in [5, 5.41) is 9.52. The van der Waals surface area contributed by atoms with Crippen molar-refractivity contribution in [1.29, 1.82) is 0 Å². The molecular weight excluding hydrogens is 434 g/mol. The van der Waals surface area contributed by atoms with Gasteiger partial charge >= 0.3 is 0 Å². The quantitative estimate of drug-likeness (QED) is 0.584. The third-order valence-electron chi connectivity index (χ3n) is 7.22. The van der Waals surface area contributed by atoms with E-state index in [0.717, 1.165) is 61.5 Å². The third kappa shape index (κ3) is 4.35. The number of nitrogens with one attached hydrogen (secondary N) is 2. The van der Waals surface area contributed by atoms with Gasteiger partial charge in [-0.15, -0.1) is 0 Å².